The van der Waals surface area contributed by atoms with Gasteiger partial charge < -0.3 is 4.74 Å². The minimum Gasteiger partial charge on any atom is -0.469 e. The summed E-state index contributed by atoms with van der Waals surface area (Å²) in [5, 5.41) is 0. The molecular formula is C9H16O3. The zero-order chi connectivity index (χ0) is 9.72. The molecule has 0 rings (SSSR count). The number of ketones is 1. The van der Waals surface area contributed by atoms with Crippen molar-refractivity contribution in [3.8, 4) is 0 Å². The molecule has 0 radical (unpaired) electrons. The number of hydrogen-bond acceptors (Lipinski definition) is 3. The van der Waals surface area contributed by atoms with Crippen LogP contribution in [0.1, 0.15) is 27.2 Å². The highest BCUT2D eigenvalue weighted by Gasteiger charge is 2.18. The predicted molar refractivity (Wildman–Crippen MR) is 45.6 cm³/mol. The summed E-state index contributed by atoms with van der Waals surface area (Å²) in [7, 11) is 1.33. The highest BCUT2D eigenvalue weighted by molar-refractivity contribution is 5.85. The van der Waals surface area contributed by atoms with Gasteiger partial charge in [-0.2, -0.15) is 0 Å². The van der Waals surface area contributed by atoms with Crippen molar-refractivity contribution in [2.75, 3.05) is 7.11 Å². The van der Waals surface area contributed by atoms with Gasteiger partial charge in [0.05, 0.1) is 13.0 Å². The van der Waals surface area contributed by atoms with E-state index in [1.807, 2.05) is 13.8 Å². The Kier molecular flexibility index (Phi) is 4.55. The van der Waals surface area contributed by atoms with Crippen molar-refractivity contribution in [2.45, 2.75) is 27.2 Å². The molecule has 3 nitrogen and oxygen atoms in total. The van der Waals surface area contributed by atoms with E-state index in [1.54, 1.807) is 6.92 Å². The molecule has 12 heavy (non-hydrogen) atoms. The number of carbonyl (C=O) groups excluding carboxylic acids is 2. The van der Waals surface area contributed by atoms with Gasteiger partial charge in [0.25, 0.3) is 0 Å². The molecule has 0 fully saturated rings. The molecule has 0 aromatic rings. The van der Waals surface area contributed by atoms with Crippen LogP contribution in [0.15, 0.2) is 0 Å². The van der Waals surface area contributed by atoms with Gasteiger partial charge in [0, 0.05) is 12.3 Å². The lowest BCUT2D eigenvalue weighted by Crippen LogP contribution is -2.19. The molecule has 0 saturated carbocycles. The molecule has 0 amide bonds. The first-order chi connectivity index (χ1) is 5.49. The van der Waals surface area contributed by atoms with Crippen LogP contribution >= 0.6 is 0 Å². The third-order valence-corrected chi connectivity index (χ3v) is 1.75. The maximum atomic E-state index is 11.2. The largest absolute Gasteiger partial charge is 0.469 e. The van der Waals surface area contributed by atoms with Crippen molar-refractivity contribution >= 4 is 11.8 Å². The average molecular weight is 172 g/mol. The lowest BCUT2D eigenvalue weighted by atomic mass is 9.98. The van der Waals surface area contributed by atoms with E-state index in [0.29, 0.717) is 0 Å². The van der Waals surface area contributed by atoms with E-state index in [0.717, 1.165) is 0 Å². The SMILES string of the molecule is COC(=O)C(C)CC(=O)C(C)C. The summed E-state index contributed by atoms with van der Waals surface area (Å²) in [6.07, 6.45) is 0.282. The number of methoxy groups -OCH3 is 1. The Balaban J connectivity index is 3.92. The van der Waals surface area contributed by atoms with Crippen LogP contribution in [0.5, 0.6) is 0 Å². The van der Waals surface area contributed by atoms with E-state index in [4.69, 9.17) is 0 Å². The molecule has 0 aliphatic carbocycles. The normalized spacial score (nSPS) is 12.8. The smallest absolute Gasteiger partial charge is 0.308 e. The minimum atomic E-state index is -0.316. The fourth-order valence-electron chi connectivity index (χ4n) is 0.822. The average Bonchev–Trinajstić information content (AvgIpc) is 2.02. The van der Waals surface area contributed by atoms with E-state index >= 15 is 0 Å². The molecule has 1 unspecified atom stereocenters. The molecule has 0 spiro atoms. The Labute approximate surface area is 73.1 Å². The number of ether oxygens (including phenoxy) is 1. The molecule has 1 atom stereocenters. The summed E-state index contributed by atoms with van der Waals surface area (Å²) >= 11 is 0. The molecule has 3 heteroatoms. The Morgan fingerprint density at radius 2 is 1.75 bits per heavy atom. The number of rotatable bonds is 4. The first kappa shape index (κ1) is 11.1. The van der Waals surface area contributed by atoms with Crippen molar-refractivity contribution in [1.82, 2.24) is 0 Å². The Hall–Kier alpha value is -0.860. The zero-order valence-electron chi connectivity index (χ0n) is 8.09. The highest BCUT2D eigenvalue weighted by atomic mass is 16.5. The summed E-state index contributed by atoms with van der Waals surface area (Å²) in [5.74, 6) is -0.529. The van der Waals surface area contributed by atoms with E-state index in [2.05, 4.69) is 4.74 Å². The molecule has 70 valence electrons. The van der Waals surface area contributed by atoms with E-state index in [1.165, 1.54) is 7.11 Å². The van der Waals surface area contributed by atoms with Gasteiger partial charge in [-0.3, -0.25) is 9.59 Å². The van der Waals surface area contributed by atoms with Crippen LogP contribution < -0.4 is 0 Å². The van der Waals surface area contributed by atoms with Crippen molar-refractivity contribution in [3.05, 3.63) is 0 Å². The van der Waals surface area contributed by atoms with Gasteiger partial charge in [0.2, 0.25) is 0 Å². The van der Waals surface area contributed by atoms with Crippen molar-refractivity contribution in [2.24, 2.45) is 11.8 Å². The van der Waals surface area contributed by atoms with Crippen LogP contribution in [0.2, 0.25) is 0 Å². The van der Waals surface area contributed by atoms with Gasteiger partial charge in [-0.05, 0) is 0 Å². The monoisotopic (exact) mass is 172 g/mol. The van der Waals surface area contributed by atoms with E-state index in [9.17, 15) is 9.59 Å². The van der Waals surface area contributed by atoms with Gasteiger partial charge in [0.1, 0.15) is 5.78 Å². The molecule has 0 N–H and O–H groups in total. The summed E-state index contributed by atoms with van der Waals surface area (Å²) in [5.41, 5.74) is 0. The third kappa shape index (κ3) is 3.51. The van der Waals surface area contributed by atoms with Crippen LogP contribution in [-0.2, 0) is 14.3 Å². The highest BCUT2D eigenvalue weighted by Crippen LogP contribution is 2.09. The number of Topliss-reactive ketones (excluding diaryl/α,β-unsaturated/α-hetero) is 1. The maximum absolute atomic E-state index is 11.2. The van der Waals surface area contributed by atoms with Gasteiger partial charge in [0.15, 0.2) is 0 Å². The summed E-state index contributed by atoms with van der Waals surface area (Å²) in [4.78, 5) is 22.1. The molecule has 0 heterocycles. The Morgan fingerprint density at radius 1 is 1.25 bits per heavy atom. The van der Waals surface area contributed by atoms with Gasteiger partial charge in [-0.15, -0.1) is 0 Å². The standard InChI is InChI=1S/C9H16O3/c1-6(2)8(10)5-7(3)9(11)12-4/h6-7H,5H2,1-4H3. The number of esters is 1. The third-order valence-electron chi connectivity index (χ3n) is 1.75. The summed E-state index contributed by atoms with van der Waals surface area (Å²) in [6.45, 7) is 5.35. The molecular weight excluding hydrogens is 156 g/mol. The topological polar surface area (TPSA) is 43.4 Å². The van der Waals surface area contributed by atoms with E-state index in [-0.39, 0.29) is 30.0 Å². The van der Waals surface area contributed by atoms with Crippen LogP contribution in [-0.4, -0.2) is 18.9 Å². The van der Waals surface area contributed by atoms with Crippen LogP contribution in [0, 0.1) is 11.8 Å². The van der Waals surface area contributed by atoms with Gasteiger partial charge in [-0.25, -0.2) is 0 Å². The Bertz CT molecular complexity index is 173. The maximum Gasteiger partial charge on any atom is 0.308 e. The van der Waals surface area contributed by atoms with Crippen LogP contribution in [0.25, 0.3) is 0 Å². The summed E-state index contributed by atoms with van der Waals surface area (Å²) in [6, 6.07) is 0. The lowest BCUT2D eigenvalue weighted by Gasteiger charge is -2.09. The second kappa shape index (κ2) is 4.91. The van der Waals surface area contributed by atoms with Crippen LogP contribution in [0.3, 0.4) is 0 Å². The Morgan fingerprint density at radius 3 is 2.08 bits per heavy atom. The molecule has 0 aliphatic rings. The molecule has 0 aromatic carbocycles. The van der Waals surface area contributed by atoms with Gasteiger partial charge >= 0.3 is 5.97 Å². The minimum absolute atomic E-state index is 0.00268. The second-order valence-corrected chi connectivity index (χ2v) is 3.25. The number of carbonyl (C=O) groups is 2. The van der Waals surface area contributed by atoms with Crippen molar-refractivity contribution in [3.63, 3.8) is 0 Å². The first-order valence-corrected chi connectivity index (χ1v) is 4.09. The quantitative estimate of drug-likeness (QED) is 0.602. The first-order valence-electron chi connectivity index (χ1n) is 4.09. The molecule has 0 aliphatic heterocycles. The second-order valence-electron chi connectivity index (χ2n) is 3.25. The van der Waals surface area contributed by atoms with Crippen LogP contribution in [0.4, 0.5) is 0 Å². The number of hydrogen-bond donors (Lipinski definition) is 0. The molecule has 0 saturated heterocycles. The predicted octanol–water partition coefficient (Wildman–Crippen LogP) is 1.41. The fourth-order valence-corrected chi connectivity index (χ4v) is 0.822. The van der Waals surface area contributed by atoms with Crippen molar-refractivity contribution in [1.29, 1.82) is 0 Å². The van der Waals surface area contributed by atoms with Gasteiger partial charge in [-0.1, -0.05) is 20.8 Å². The zero-order valence-corrected chi connectivity index (χ0v) is 8.09. The molecule has 0 aromatic heterocycles. The van der Waals surface area contributed by atoms with Crippen molar-refractivity contribution < 1.29 is 14.3 Å². The molecule has 0 bridgehead atoms. The van der Waals surface area contributed by atoms with E-state index < -0.39 is 0 Å². The fraction of sp³-hybridized carbons (Fsp3) is 0.778. The summed E-state index contributed by atoms with van der Waals surface area (Å²) < 4.78 is 4.50. The lowest BCUT2D eigenvalue weighted by molar-refractivity contribution is -0.146.